The van der Waals surface area contributed by atoms with E-state index in [2.05, 4.69) is 10.5 Å². The molecule has 0 unspecified atom stereocenters. The Morgan fingerprint density at radius 3 is 2.64 bits per heavy atom. The second kappa shape index (κ2) is 7.66. The number of halogens is 2. The summed E-state index contributed by atoms with van der Waals surface area (Å²) in [6.07, 6.45) is 1.59. The molecule has 6 heteroatoms. The minimum absolute atomic E-state index is 0.294. The minimum Gasteiger partial charge on any atom is -0.491 e. The van der Waals surface area contributed by atoms with Crippen LogP contribution in [-0.4, -0.2) is 19.9 Å². The van der Waals surface area contributed by atoms with E-state index in [0.29, 0.717) is 28.8 Å². The van der Waals surface area contributed by atoms with Crippen LogP contribution in [0.1, 0.15) is 12.5 Å². The Morgan fingerprint density at radius 1 is 1.27 bits per heavy atom. The number of anilines is 1. The Kier molecular flexibility index (Phi) is 5.61. The number of benzene rings is 2. The van der Waals surface area contributed by atoms with Gasteiger partial charge in [0.2, 0.25) is 0 Å². The predicted octanol–water partition coefficient (Wildman–Crippen LogP) is 4.33. The first-order valence-corrected chi connectivity index (χ1v) is 7.06. The monoisotopic (exact) mass is 322 g/mol. The van der Waals surface area contributed by atoms with E-state index in [1.54, 1.807) is 30.5 Å². The average Bonchev–Trinajstić information content (AvgIpc) is 2.49. The van der Waals surface area contributed by atoms with Crippen molar-refractivity contribution in [2.45, 2.75) is 6.92 Å². The van der Waals surface area contributed by atoms with Crippen molar-refractivity contribution >= 4 is 23.5 Å². The number of nitrogens with one attached hydrogen (secondary N) is 1. The third kappa shape index (κ3) is 4.11. The Morgan fingerprint density at radius 2 is 2.00 bits per heavy atom. The predicted molar refractivity (Wildman–Crippen MR) is 86.8 cm³/mol. The fourth-order valence-corrected chi connectivity index (χ4v) is 2.13. The highest BCUT2D eigenvalue weighted by molar-refractivity contribution is 6.32. The third-order valence-corrected chi connectivity index (χ3v) is 3.07. The number of rotatable bonds is 6. The van der Waals surface area contributed by atoms with Crippen molar-refractivity contribution in [3.8, 4) is 11.5 Å². The van der Waals surface area contributed by atoms with E-state index < -0.39 is 0 Å². The van der Waals surface area contributed by atoms with Crippen LogP contribution in [0.3, 0.4) is 0 Å². The fraction of sp³-hybridized carbons (Fsp3) is 0.188. The quantitative estimate of drug-likeness (QED) is 0.635. The number of hydrazone groups is 1. The van der Waals surface area contributed by atoms with Gasteiger partial charge in [0.1, 0.15) is 5.82 Å². The number of hydrogen-bond acceptors (Lipinski definition) is 4. The molecule has 0 saturated heterocycles. The van der Waals surface area contributed by atoms with Gasteiger partial charge >= 0.3 is 0 Å². The molecule has 0 bridgehead atoms. The largest absolute Gasteiger partial charge is 0.491 e. The normalized spacial score (nSPS) is 10.7. The van der Waals surface area contributed by atoms with Gasteiger partial charge in [0.05, 0.1) is 30.6 Å². The zero-order valence-electron chi connectivity index (χ0n) is 12.3. The second-order valence-corrected chi connectivity index (χ2v) is 4.75. The van der Waals surface area contributed by atoms with Gasteiger partial charge in [0, 0.05) is 0 Å². The number of hydrogen-bond donors (Lipinski definition) is 1. The Bertz CT molecular complexity index is 660. The topological polar surface area (TPSA) is 42.8 Å². The fourth-order valence-electron chi connectivity index (χ4n) is 1.83. The highest BCUT2D eigenvalue weighted by atomic mass is 35.5. The van der Waals surface area contributed by atoms with Gasteiger partial charge in [-0.1, -0.05) is 11.6 Å². The molecule has 0 amide bonds. The smallest absolute Gasteiger partial charge is 0.179 e. The van der Waals surface area contributed by atoms with Crippen LogP contribution in [-0.2, 0) is 0 Å². The standard InChI is InChI=1S/C16H16ClFN2O2/c1-3-22-15-9-11(8-14(17)16(15)21-2)10-19-20-13-6-4-12(18)5-7-13/h4-10,20H,3H2,1-2H3/b19-10-. The van der Waals surface area contributed by atoms with Crippen LogP contribution >= 0.6 is 11.6 Å². The lowest BCUT2D eigenvalue weighted by Crippen LogP contribution is -1.98. The zero-order valence-corrected chi connectivity index (χ0v) is 13.0. The first-order chi connectivity index (χ1) is 10.6. The Balaban J connectivity index is 2.14. The summed E-state index contributed by atoms with van der Waals surface area (Å²) in [7, 11) is 1.54. The van der Waals surface area contributed by atoms with E-state index in [-0.39, 0.29) is 5.82 Å². The van der Waals surface area contributed by atoms with E-state index in [0.717, 1.165) is 5.56 Å². The van der Waals surface area contributed by atoms with E-state index >= 15 is 0 Å². The molecular formula is C16H16ClFN2O2. The molecule has 2 aromatic rings. The third-order valence-electron chi connectivity index (χ3n) is 2.79. The van der Waals surface area contributed by atoms with Crippen molar-refractivity contribution in [1.82, 2.24) is 0 Å². The van der Waals surface area contributed by atoms with Crippen molar-refractivity contribution in [1.29, 1.82) is 0 Å². The summed E-state index contributed by atoms with van der Waals surface area (Å²) < 4.78 is 23.5. The lowest BCUT2D eigenvalue weighted by Gasteiger charge is -2.11. The van der Waals surface area contributed by atoms with E-state index in [1.807, 2.05) is 6.92 Å². The van der Waals surface area contributed by atoms with Crippen molar-refractivity contribution < 1.29 is 13.9 Å². The van der Waals surface area contributed by atoms with Crippen LogP contribution < -0.4 is 14.9 Å². The maximum absolute atomic E-state index is 12.8. The molecule has 4 nitrogen and oxygen atoms in total. The van der Waals surface area contributed by atoms with Crippen LogP contribution in [0.4, 0.5) is 10.1 Å². The molecule has 0 atom stereocenters. The molecule has 0 aliphatic carbocycles. The maximum atomic E-state index is 12.8. The SMILES string of the molecule is CCOc1cc(/C=N\Nc2ccc(F)cc2)cc(Cl)c1OC. The highest BCUT2D eigenvalue weighted by Gasteiger charge is 2.10. The molecule has 0 saturated carbocycles. The molecule has 0 fully saturated rings. The summed E-state index contributed by atoms with van der Waals surface area (Å²) in [6.45, 7) is 2.38. The van der Waals surface area contributed by atoms with E-state index in [4.69, 9.17) is 21.1 Å². The lowest BCUT2D eigenvalue weighted by molar-refractivity contribution is 0.311. The van der Waals surface area contributed by atoms with Gasteiger partial charge in [0.25, 0.3) is 0 Å². The first-order valence-electron chi connectivity index (χ1n) is 6.69. The lowest BCUT2D eigenvalue weighted by atomic mass is 10.2. The van der Waals surface area contributed by atoms with Crippen molar-refractivity contribution in [3.63, 3.8) is 0 Å². The van der Waals surface area contributed by atoms with E-state index in [1.165, 1.54) is 19.2 Å². The van der Waals surface area contributed by atoms with Gasteiger partial charge in [-0.05, 0) is 48.9 Å². The molecule has 2 aromatic carbocycles. The van der Waals surface area contributed by atoms with Crippen LogP contribution in [0, 0.1) is 5.82 Å². The first kappa shape index (κ1) is 16.1. The van der Waals surface area contributed by atoms with Crippen molar-refractivity contribution in [2.24, 2.45) is 5.10 Å². The van der Waals surface area contributed by atoms with E-state index in [9.17, 15) is 4.39 Å². The van der Waals surface area contributed by atoms with Gasteiger partial charge in [0.15, 0.2) is 11.5 Å². The van der Waals surface area contributed by atoms with Gasteiger partial charge in [-0.25, -0.2) is 4.39 Å². The molecular weight excluding hydrogens is 307 g/mol. The molecule has 0 aliphatic rings. The molecule has 0 aromatic heterocycles. The summed E-state index contributed by atoms with van der Waals surface area (Å²) in [4.78, 5) is 0. The summed E-state index contributed by atoms with van der Waals surface area (Å²) in [5.41, 5.74) is 4.24. The van der Waals surface area contributed by atoms with Crippen LogP contribution in [0.2, 0.25) is 5.02 Å². The molecule has 0 radical (unpaired) electrons. The van der Waals surface area contributed by atoms with Crippen molar-refractivity contribution in [2.75, 3.05) is 19.1 Å². The maximum Gasteiger partial charge on any atom is 0.179 e. The molecule has 22 heavy (non-hydrogen) atoms. The molecule has 116 valence electrons. The molecule has 0 heterocycles. The van der Waals surface area contributed by atoms with Crippen LogP contribution in [0.5, 0.6) is 11.5 Å². The number of methoxy groups -OCH3 is 1. The number of nitrogens with zero attached hydrogens (tertiary/aromatic N) is 1. The summed E-state index contributed by atoms with van der Waals surface area (Å²) in [5.74, 6) is 0.755. The molecule has 0 aliphatic heterocycles. The zero-order chi connectivity index (χ0) is 15.9. The highest BCUT2D eigenvalue weighted by Crippen LogP contribution is 2.35. The average molecular weight is 323 g/mol. The summed E-state index contributed by atoms with van der Waals surface area (Å²) >= 11 is 6.16. The van der Waals surface area contributed by atoms with Crippen LogP contribution in [0.25, 0.3) is 0 Å². The Hall–Kier alpha value is -2.27. The van der Waals surface area contributed by atoms with Gasteiger partial charge in [-0.2, -0.15) is 5.10 Å². The van der Waals surface area contributed by atoms with Gasteiger partial charge in [-0.15, -0.1) is 0 Å². The summed E-state index contributed by atoms with van der Waals surface area (Å²) in [5, 5.41) is 4.53. The molecule has 1 N–H and O–H groups in total. The van der Waals surface area contributed by atoms with Gasteiger partial charge in [-0.3, -0.25) is 5.43 Å². The van der Waals surface area contributed by atoms with Crippen LogP contribution in [0.15, 0.2) is 41.5 Å². The minimum atomic E-state index is -0.294. The summed E-state index contributed by atoms with van der Waals surface area (Å²) in [6, 6.07) is 9.41. The van der Waals surface area contributed by atoms with Gasteiger partial charge < -0.3 is 9.47 Å². The Labute approximate surface area is 133 Å². The molecule has 2 rings (SSSR count). The van der Waals surface area contributed by atoms with Crippen molar-refractivity contribution in [3.05, 3.63) is 52.8 Å². The number of ether oxygens (including phenoxy) is 2. The molecule has 0 spiro atoms. The second-order valence-electron chi connectivity index (χ2n) is 4.34.